The molecule has 0 heterocycles. The average Bonchev–Trinajstić information content (AvgIpc) is 2.69. The highest BCUT2D eigenvalue weighted by Crippen LogP contribution is 2.27. The zero-order chi connectivity index (χ0) is 21.2. The van der Waals surface area contributed by atoms with Crippen LogP contribution in [-0.2, 0) is 16.0 Å². The van der Waals surface area contributed by atoms with Crippen LogP contribution in [0.1, 0.15) is 43.4 Å². The van der Waals surface area contributed by atoms with Gasteiger partial charge >= 0.3 is 0 Å². The molecule has 0 aromatic heterocycles. The molecule has 0 aliphatic carbocycles. The molecule has 5 heteroatoms. The summed E-state index contributed by atoms with van der Waals surface area (Å²) in [5, 5.41) is 19.5. The minimum Gasteiger partial charge on any atom is -0.508 e. The first-order chi connectivity index (χ1) is 13.9. The number of benzene rings is 2. The van der Waals surface area contributed by atoms with Gasteiger partial charge in [0.2, 0.25) is 0 Å². The van der Waals surface area contributed by atoms with Gasteiger partial charge in [-0.05, 0) is 66.5 Å². The van der Waals surface area contributed by atoms with Crippen molar-refractivity contribution >= 4 is 23.7 Å². The number of aryl methyl sites for hydroxylation is 1. The highest BCUT2D eigenvalue weighted by atomic mass is 16.5. The average molecular weight is 394 g/mol. The minimum atomic E-state index is -0.317. The summed E-state index contributed by atoms with van der Waals surface area (Å²) in [7, 11) is 0. The fourth-order valence-corrected chi connectivity index (χ4v) is 2.75. The Morgan fingerprint density at radius 2 is 1.48 bits per heavy atom. The highest BCUT2D eigenvalue weighted by Gasteiger charge is 2.06. The van der Waals surface area contributed by atoms with Crippen molar-refractivity contribution in [3.63, 3.8) is 0 Å². The van der Waals surface area contributed by atoms with Gasteiger partial charge in [-0.15, -0.1) is 0 Å². The van der Waals surface area contributed by atoms with Crippen LogP contribution in [0.3, 0.4) is 0 Å². The third-order valence-electron chi connectivity index (χ3n) is 4.18. The molecule has 29 heavy (non-hydrogen) atoms. The Hall–Kier alpha value is -3.34. The summed E-state index contributed by atoms with van der Waals surface area (Å²) in [5.41, 5.74) is 2.33. The number of hydrogen-bond donors (Lipinski definition) is 2. The van der Waals surface area contributed by atoms with Crippen LogP contribution in [0, 0.1) is 0 Å². The summed E-state index contributed by atoms with van der Waals surface area (Å²) >= 11 is 0. The van der Waals surface area contributed by atoms with E-state index in [2.05, 4.69) is 0 Å². The Morgan fingerprint density at radius 3 is 2.07 bits per heavy atom. The van der Waals surface area contributed by atoms with Crippen LogP contribution in [0.2, 0.25) is 0 Å². The van der Waals surface area contributed by atoms with Gasteiger partial charge in [0, 0.05) is 0 Å². The van der Waals surface area contributed by atoms with E-state index >= 15 is 0 Å². The highest BCUT2D eigenvalue weighted by molar-refractivity contribution is 6.10. The molecule has 0 saturated carbocycles. The van der Waals surface area contributed by atoms with Crippen LogP contribution in [0.4, 0.5) is 0 Å². The Balaban J connectivity index is 1.96. The molecule has 2 aromatic rings. The smallest absolute Gasteiger partial charge is 0.163 e. The van der Waals surface area contributed by atoms with E-state index in [-0.39, 0.29) is 29.5 Å². The van der Waals surface area contributed by atoms with Gasteiger partial charge in [0.15, 0.2) is 23.1 Å². The van der Waals surface area contributed by atoms with Gasteiger partial charge in [-0.1, -0.05) is 37.6 Å². The predicted molar refractivity (Wildman–Crippen MR) is 114 cm³/mol. The lowest BCUT2D eigenvalue weighted by molar-refractivity contribution is -0.121. The maximum absolute atomic E-state index is 12.1. The van der Waals surface area contributed by atoms with E-state index in [9.17, 15) is 19.8 Å². The van der Waals surface area contributed by atoms with E-state index in [1.54, 1.807) is 36.4 Å². The number of rotatable bonds is 10. The largest absolute Gasteiger partial charge is 0.508 e. The molecule has 0 spiro atoms. The lowest BCUT2D eigenvalue weighted by atomic mass is 10.0. The molecule has 0 fully saturated rings. The van der Waals surface area contributed by atoms with E-state index in [0.717, 1.165) is 24.0 Å². The molecule has 5 nitrogen and oxygen atoms in total. The van der Waals surface area contributed by atoms with E-state index in [1.807, 2.05) is 19.9 Å². The molecule has 0 aliphatic heterocycles. The molecular formula is C24H26O5. The maximum Gasteiger partial charge on any atom is 0.163 e. The monoisotopic (exact) mass is 394 g/mol. The zero-order valence-electron chi connectivity index (χ0n) is 16.7. The van der Waals surface area contributed by atoms with Crippen LogP contribution < -0.4 is 4.74 Å². The van der Waals surface area contributed by atoms with Gasteiger partial charge in [-0.25, -0.2) is 0 Å². The molecule has 2 rings (SSSR count). The quantitative estimate of drug-likeness (QED) is 0.451. The summed E-state index contributed by atoms with van der Waals surface area (Å²) in [6.07, 6.45) is 7.38. The second-order valence-electron chi connectivity index (χ2n) is 6.57. The summed E-state index contributed by atoms with van der Waals surface area (Å²) in [6, 6.07) is 9.95. The number of carbonyl (C=O) groups is 2. The van der Waals surface area contributed by atoms with Gasteiger partial charge in [0.25, 0.3) is 0 Å². The second kappa shape index (κ2) is 10.9. The Bertz CT molecular complexity index is 849. The molecule has 0 atom stereocenters. The number of hydrogen-bond acceptors (Lipinski definition) is 5. The number of ether oxygens (including phenoxy) is 1. The first-order valence-corrected chi connectivity index (χ1v) is 9.62. The molecule has 0 unspecified atom stereocenters. The second-order valence-corrected chi connectivity index (χ2v) is 6.57. The molecular weight excluding hydrogens is 368 g/mol. The standard InChI is InChI=1S/C24H26O5/c1-3-5-19-14-17(8-12-22(19)27)6-10-20(25)16-21(26)11-7-18-9-13-23(28)24(15-18)29-4-2/h6-15,27-28H,3-5,16H2,1-2H3/b10-6+,11-7+. The zero-order valence-corrected chi connectivity index (χ0v) is 16.7. The van der Waals surface area contributed by atoms with Crippen LogP contribution in [0.15, 0.2) is 48.6 Å². The Morgan fingerprint density at radius 1 is 0.897 bits per heavy atom. The topological polar surface area (TPSA) is 83.8 Å². The van der Waals surface area contributed by atoms with E-state index in [0.29, 0.717) is 17.9 Å². The van der Waals surface area contributed by atoms with E-state index in [4.69, 9.17) is 4.74 Å². The van der Waals surface area contributed by atoms with E-state index < -0.39 is 0 Å². The molecule has 0 radical (unpaired) electrons. The van der Waals surface area contributed by atoms with Crippen molar-refractivity contribution in [2.45, 2.75) is 33.1 Å². The SMILES string of the molecule is CCCc1cc(/C=C/C(=O)CC(=O)/C=C/c2ccc(O)c(OCC)c2)ccc1O. The van der Waals surface area contributed by atoms with Crippen LogP contribution >= 0.6 is 0 Å². The van der Waals surface area contributed by atoms with Crippen molar-refractivity contribution in [1.29, 1.82) is 0 Å². The number of ketones is 2. The summed E-state index contributed by atoms with van der Waals surface area (Å²) in [5.74, 6) is 0.00956. The molecule has 0 amide bonds. The Kier molecular flexibility index (Phi) is 8.22. The molecule has 2 N–H and O–H groups in total. The number of carbonyl (C=O) groups excluding carboxylic acids is 2. The normalized spacial score (nSPS) is 11.2. The molecule has 0 bridgehead atoms. The van der Waals surface area contributed by atoms with Gasteiger partial charge in [0.1, 0.15) is 5.75 Å². The minimum absolute atomic E-state index is 0.0342. The van der Waals surface area contributed by atoms with Crippen LogP contribution in [0.25, 0.3) is 12.2 Å². The van der Waals surface area contributed by atoms with Gasteiger partial charge < -0.3 is 14.9 Å². The van der Waals surface area contributed by atoms with Gasteiger partial charge in [-0.3, -0.25) is 9.59 Å². The molecule has 0 aliphatic rings. The van der Waals surface area contributed by atoms with Crippen molar-refractivity contribution in [3.8, 4) is 17.2 Å². The van der Waals surface area contributed by atoms with Gasteiger partial charge in [-0.2, -0.15) is 0 Å². The maximum atomic E-state index is 12.1. The lowest BCUT2D eigenvalue weighted by Crippen LogP contribution is -2.02. The number of phenols is 2. The lowest BCUT2D eigenvalue weighted by Gasteiger charge is -2.06. The van der Waals surface area contributed by atoms with Crippen molar-refractivity contribution in [1.82, 2.24) is 0 Å². The van der Waals surface area contributed by atoms with E-state index in [1.165, 1.54) is 18.2 Å². The third-order valence-corrected chi connectivity index (χ3v) is 4.18. The summed E-state index contributed by atoms with van der Waals surface area (Å²) in [6.45, 7) is 4.26. The number of phenolic OH excluding ortho intramolecular Hbond substituents is 2. The molecule has 152 valence electrons. The molecule has 2 aromatic carbocycles. The predicted octanol–water partition coefficient (Wildman–Crippen LogP) is 4.70. The van der Waals surface area contributed by atoms with Crippen molar-refractivity contribution in [2.75, 3.05) is 6.61 Å². The number of allylic oxidation sites excluding steroid dienone is 2. The van der Waals surface area contributed by atoms with Crippen molar-refractivity contribution in [3.05, 3.63) is 65.2 Å². The first kappa shape index (κ1) is 22.0. The van der Waals surface area contributed by atoms with Crippen LogP contribution in [0.5, 0.6) is 17.2 Å². The summed E-state index contributed by atoms with van der Waals surface area (Å²) in [4.78, 5) is 24.1. The number of aromatic hydroxyl groups is 2. The van der Waals surface area contributed by atoms with Crippen molar-refractivity contribution in [2.24, 2.45) is 0 Å². The third kappa shape index (κ3) is 6.96. The summed E-state index contributed by atoms with van der Waals surface area (Å²) < 4.78 is 5.31. The fourth-order valence-electron chi connectivity index (χ4n) is 2.75. The first-order valence-electron chi connectivity index (χ1n) is 9.62. The Labute approximate surface area is 171 Å². The van der Waals surface area contributed by atoms with Crippen LogP contribution in [-0.4, -0.2) is 28.4 Å². The molecule has 0 saturated heterocycles. The fraction of sp³-hybridized carbons (Fsp3) is 0.250. The van der Waals surface area contributed by atoms with Gasteiger partial charge in [0.05, 0.1) is 13.0 Å². The van der Waals surface area contributed by atoms with Crippen molar-refractivity contribution < 1.29 is 24.5 Å².